The summed E-state index contributed by atoms with van der Waals surface area (Å²) in [4.78, 5) is 47.2. The zero-order valence-corrected chi connectivity index (χ0v) is 23.3. The second kappa shape index (κ2) is 15.8. The molecule has 1 aromatic carbocycles. The Morgan fingerprint density at radius 1 is 0.914 bits per heavy atom. The minimum absolute atomic E-state index is 0.0451. The molecule has 2 rings (SSSR count). The predicted molar refractivity (Wildman–Crippen MR) is 144 cm³/mol. The zero-order valence-electron chi connectivity index (χ0n) is 23.3. The van der Waals surface area contributed by atoms with Crippen molar-refractivity contribution in [1.82, 2.24) is 0 Å². The van der Waals surface area contributed by atoms with Crippen LogP contribution in [0.25, 0.3) is 0 Å². The second-order valence-electron chi connectivity index (χ2n) is 10.6. The standard InChI is InChI=1S/C24H34O3.C7H14O/c1-6-8-19(20(7-2)22(26)11-17(5)25)12-18-13-21-15(3)9-10-16(4)24(21)23(27)14-18;1-3-4-5-6-7(2)8/h9-10,18-20H,6-8,11-14H2,1-5H3;3-6H2,1-2H3. The van der Waals surface area contributed by atoms with E-state index in [1.165, 1.54) is 30.9 Å². The molecular weight excluding hydrogens is 436 g/mol. The molecule has 0 radical (unpaired) electrons. The van der Waals surface area contributed by atoms with E-state index in [1.54, 1.807) is 6.92 Å². The molecule has 0 saturated heterocycles. The molecule has 1 aromatic rings. The lowest BCUT2D eigenvalue weighted by molar-refractivity contribution is -0.130. The Balaban J connectivity index is 0.000000658. The van der Waals surface area contributed by atoms with Gasteiger partial charge in [-0.25, -0.2) is 0 Å². The van der Waals surface area contributed by atoms with Gasteiger partial charge in [-0.1, -0.05) is 58.6 Å². The van der Waals surface area contributed by atoms with Gasteiger partial charge in [0.25, 0.3) is 0 Å². The molecule has 0 heterocycles. The normalized spacial score (nSPS) is 16.5. The molecule has 1 aliphatic rings. The van der Waals surface area contributed by atoms with E-state index in [2.05, 4.69) is 26.8 Å². The maximum Gasteiger partial charge on any atom is 0.163 e. The summed E-state index contributed by atoms with van der Waals surface area (Å²) in [6.45, 7) is 13.6. The highest BCUT2D eigenvalue weighted by molar-refractivity contribution is 6.00. The Morgan fingerprint density at radius 3 is 2.11 bits per heavy atom. The number of carbonyl (C=O) groups is 4. The van der Waals surface area contributed by atoms with Crippen LogP contribution in [0.15, 0.2) is 12.1 Å². The number of unbranched alkanes of at least 4 members (excludes halogenated alkanes) is 2. The molecule has 3 unspecified atom stereocenters. The van der Waals surface area contributed by atoms with Crippen molar-refractivity contribution >= 4 is 23.1 Å². The van der Waals surface area contributed by atoms with Crippen molar-refractivity contribution < 1.29 is 19.2 Å². The van der Waals surface area contributed by atoms with E-state index in [0.29, 0.717) is 18.1 Å². The highest BCUT2D eigenvalue weighted by atomic mass is 16.1. The van der Waals surface area contributed by atoms with Crippen LogP contribution < -0.4 is 0 Å². The first-order chi connectivity index (χ1) is 16.5. The summed E-state index contributed by atoms with van der Waals surface area (Å²) in [6.07, 6.45) is 9.45. The Hall–Kier alpha value is -2.10. The summed E-state index contributed by atoms with van der Waals surface area (Å²) >= 11 is 0. The maximum atomic E-state index is 12.8. The molecule has 0 aromatic heterocycles. The number of rotatable bonds is 13. The van der Waals surface area contributed by atoms with Gasteiger partial charge in [0.1, 0.15) is 17.3 Å². The van der Waals surface area contributed by atoms with Crippen LogP contribution in [0.3, 0.4) is 0 Å². The van der Waals surface area contributed by atoms with Crippen molar-refractivity contribution in [3.8, 4) is 0 Å². The number of Topliss-reactive ketones (excluding diaryl/α,β-unsaturated/α-hetero) is 4. The van der Waals surface area contributed by atoms with Crippen LogP contribution >= 0.6 is 0 Å². The summed E-state index contributed by atoms with van der Waals surface area (Å²) in [5, 5.41) is 0. The molecule has 0 N–H and O–H groups in total. The lowest BCUT2D eigenvalue weighted by atomic mass is 9.71. The predicted octanol–water partition coefficient (Wildman–Crippen LogP) is 7.59. The molecule has 1 aliphatic carbocycles. The summed E-state index contributed by atoms with van der Waals surface area (Å²) in [6, 6.07) is 4.15. The Labute approximate surface area is 213 Å². The molecule has 0 bridgehead atoms. The van der Waals surface area contributed by atoms with E-state index in [1.807, 2.05) is 19.9 Å². The van der Waals surface area contributed by atoms with E-state index in [0.717, 1.165) is 56.1 Å². The van der Waals surface area contributed by atoms with Crippen molar-refractivity contribution in [1.29, 1.82) is 0 Å². The highest BCUT2D eigenvalue weighted by Gasteiger charge is 2.33. The monoisotopic (exact) mass is 484 g/mol. The molecule has 4 heteroatoms. The van der Waals surface area contributed by atoms with Crippen LogP contribution in [-0.2, 0) is 20.8 Å². The number of aryl methyl sites for hydroxylation is 2. The summed E-state index contributed by atoms with van der Waals surface area (Å²) in [7, 11) is 0. The van der Waals surface area contributed by atoms with Gasteiger partial charge in [-0.2, -0.15) is 0 Å². The molecule has 0 spiro atoms. The first-order valence-corrected chi connectivity index (χ1v) is 13.7. The van der Waals surface area contributed by atoms with Gasteiger partial charge >= 0.3 is 0 Å². The van der Waals surface area contributed by atoms with E-state index in [4.69, 9.17) is 0 Å². The third-order valence-electron chi connectivity index (χ3n) is 7.27. The molecule has 4 nitrogen and oxygen atoms in total. The number of hydrogen-bond acceptors (Lipinski definition) is 4. The average Bonchev–Trinajstić information content (AvgIpc) is 2.76. The Kier molecular flexibility index (Phi) is 14.0. The van der Waals surface area contributed by atoms with Gasteiger partial charge in [-0.05, 0) is 81.9 Å². The van der Waals surface area contributed by atoms with E-state index in [-0.39, 0.29) is 35.6 Å². The first kappa shape index (κ1) is 30.9. The van der Waals surface area contributed by atoms with Gasteiger partial charge in [0.2, 0.25) is 0 Å². The van der Waals surface area contributed by atoms with Crippen molar-refractivity contribution in [3.05, 3.63) is 34.4 Å². The summed E-state index contributed by atoms with van der Waals surface area (Å²) in [5.74, 6) is 1.08. The van der Waals surface area contributed by atoms with Gasteiger partial charge < -0.3 is 4.79 Å². The van der Waals surface area contributed by atoms with Crippen LogP contribution in [-0.4, -0.2) is 23.1 Å². The van der Waals surface area contributed by atoms with Crippen LogP contribution in [0.1, 0.15) is 126 Å². The fourth-order valence-corrected chi connectivity index (χ4v) is 5.52. The van der Waals surface area contributed by atoms with Crippen molar-refractivity contribution in [2.45, 2.75) is 119 Å². The Bertz CT molecular complexity index is 867. The first-order valence-electron chi connectivity index (χ1n) is 13.7. The quantitative estimate of drug-likeness (QED) is 0.214. The van der Waals surface area contributed by atoms with E-state index >= 15 is 0 Å². The maximum absolute atomic E-state index is 12.8. The number of benzene rings is 1. The SMILES string of the molecule is CCCC(CC1CC(=O)c2c(C)ccc(C)c2C1)C(CC)C(=O)CC(C)=O.CCCCCC(C)=O. The fraction of sp³-hybridized carbons (Fsp3) is 0.677. The topological polar surface area (TPSA) is 68.3 Å². The van der Waals surface area contributed by atoms with Gasteiger partial charge in [0, 0.05) is 24.3 Å². The van der Waals surface area contributed by atoms with Crippen molar-refractivity contribution in [2.75, 3.05) is 0 Å². The molecule has 0 saturated carbocycles. The lowest BCUT2D eigenvalue weighted by Crippen LogP contribution is -2.30. The summed E-state index contributed by atoms with van der Waals surface area (Å²) in [5.41, 5.74) is 4.40. The van der Waals surface area contributed by atoms with E-state index in [9.17, 15) is 19.2 Å². The second-order valence-corrected chi connectivity index (χ2v) is 10.6. The van der Waals surface area contributed by atoms with Gasteiger partial charge in [-0.3, -0.25) is 14.4 Å². The van der Waals surface area contributed by atoms with Crippen molar-refractivity contribution in [2.24, 2.45) is 17.8 Å². The fourth-order valence-electron chi connectivity index (χ4n) is 5.52. The number of ketones is 4. The largest absolute Gasteiger partial charge is 0.300 e. The lowest BCUT2D eigenvalue weighted by Gasteiger charge is -2.32. The Morgan fingerprint density at radius 2 is 1.57 bits per heavy atom. The third-order valence-corrected chi connectivity index (χ3v) is 7.27. The van der Waals surface area contributed by atoms with Crippen LogP contribution in [0.2, 0.25) is 0 Å². The number of fused-ring (bicyclic) bond motifs is 1. The zero-order chi connectivity index (χ0) is 26.5. The minimum Gasteiger partial charge on any atom is -0.300 e. The third kappa shape index (κ3) is 10.2. The molecular formula is C31H48O4. The molecule has 0 amide bonds. The number of carbonyl (C=O) groups excluding carboxylic acids is 4. The highest BCUT2D eigenvalue weighted by Crippen LogP contribution is 2.37. The van der Waals surface area contributed by atoms with Gasteiger partial charge in [0.15, 0.2) is 5.78 Å². The van der Waals surface area contributed by atoms with E-state index < -0.39 is 0 Å². The molecule has 3 atom stereocenters. The summed E-state index contributed by atoms with van der Waals surface area (Å²) < 4.78 is 0. The molecule has 35 heavy (non-hydrogen) atoms. The molecule has 0 aliphatic heterocycles. The van der Waals surface area contributed by atoms with Crippen LogP contribution in [0.5, 0.6) is 0 Å². The molecule has 196 valence electrons. The molecule has 0 fully saturated rings. The minimum atomic E-state index is -0.0658. The van der Waals surface area contributed by atoms with Crippen LogP contribution in [0.4, 0.5) is 0 Å². The number of hydrogen-bond donors (Lipinski definition) is 0. The van der Waals surface area contributed by atoms with Crippen LogP contribution in [0, 0.1) is 31.6 Å². The van der Waals surface area contributed by atoms with Crippen molar-refractivity contribution in [3.63, 3.8) is 0 Å². The van der Waals surface area contributed by atoms with Gasteiger partial charge in [0.05, 0.1) is 6.42 Å². The average molecular weight is 485 g/mol. The smallest absolute Gasteiger partial charge is 0.163 e. The van der Waals surface area contributed by atoms with Gasteiger partial charge in [-0.15, -0.1) is 0 Å².